The molecule has 0 spiro atoms. The van der Waals surface area contributed by atoms with Gasteiger partial charge in [-0.3, -0.25) is 24.2 Å². The van der Waals surface area contributed by atoms with E-state index in [0.29, 0.717) is 67.1 Å². The van der Waals surface area contributed by atoms with Crippen molar-refractivity contribution < 1.29 is 33.9 Å². The van der Waals surface area contributed by atoms with Crippen LogP contribution in [0.15, 0.2) is 45.3 Å². The molecule has 2 aromatic rings. The van der Waals surface area contributed by atoms with Crippen molar-refractivity contribution in [3.05, 3.63) is 56.5 Å². The van der Waals surface area contributed by atoms with Crippen LogP contribution in [0.1, 0.15) is 36.8 Å². The number of ether oxygens (including phenoxy) is 1. The van der Waals surface area contributed by atoms with Gasteiger partial charge in [0.2, 0.25) is 0 Å². The molecule has 1 atom stereocenters. The molecule has 16 heteroatoms. The van der Waals surface area contributed by atoms with Crippen LogP contribution in [0.5, 0.6) is 5.75 Å². The zero-order valence-corrected chi connectivity index (χ0v) is 32.6. The summed E-state index contributed by atoms with van der Waals surface area (Å²) >= 11 is 6.76. The fourth-order valence-electron chi connectivity index (χ4n) is 7.71. The lowest BCUT2D eigenvalue weighted by molar-refractivity contribution is -0.142. The number of urea groups is 1. The fraction of sp³-hybridized carbons (Fsp3) is 0.556. The number of piperazine rings is 1. The number of aromatic hydroxyl groups is 1. The van der Waals surface area contributed by atoms with Gasteiger partial charge in [0.15, 0.2) is 6.10 Å². The first kappa shape index (κ1) is 38.3. The maximum Gasteiger partial charge on any atom is 0.410 e. The Hall–Kier alpha value is -3.44. The average molecular weight is 850 g/mol. The third-order valence-electron chi connectivity index (χ3n) is 10.6. The van der Waals surface area contributed by atoms with Gasteiger partial charge in [-0.2, -0.15) is 0 Å². The lowest BCUT2D eigenvalue weighted by Crippen LogP contribution is -2.56. The molecule has 52 heavy (non-hydrogen) atoms. The summed E-state index contributed by atoms with van der Waals surface area (Å²) in [6, 6.07) is 11.5. The number of hydrogen-bond donors (Lipinski definition) is 3. The summed E-state index contributed by atoms with van der Waals surface area (Å²) in [4.78, 5) is 67.3. The van der Waals surface area contributed by atoms with E-state index in [9.17, 15) is 24.3 Å². The molecule has 4 aliphatic heterocycles. The number of benzene rings is 2. The van der Waals surface area contributed by atoms with Gasteiger partial charge < -0.3 is 29.9 Å². The van der Waals surface area contributed by atoms with E-state index in [0.717, 1.165) is 62.3 Å². The van der Waals surface area contributed by atoms with Crippen LogP contribution in [0.3, 0.4) is 0 Å². The summed E-state index contributed by atoms with van der Waals surface area (Å²) in [6.07, 6.45) is 2.12. The molecule has 6 rings (SSSR count). The van der Waals surface area contributed by atoms with Crippen LogP contribution in [0.25, 0.3) is 0 Å². The number of hydrogen-bond acceptors (Lipinski definition) is 9. The lowest BCUT2D eigenvalue weighted by Gasteiger charge is -2.43. The van der Waals surface area contributed by atoms with E-state index in [2.05, 4.69) is 52.5 Å². The van der Waals surface area contributed by atoms with Crippen molar-refractivity contribution in [1.82, 2.24) is 30.0 Å². The molecule has 5 amide bonds. The van der Waals surface area contributed by atoms with Crippen LogP contribution >= 0.6 is 31.9 Å². The predicted molar refractivity (Wildman–Crippen MR) is 201 cm³/mol. The topological polar surface area (TPSA) is 147 Å². The molecule has 2 aromatic carbocycles. The quantitative estimate of drug-likeness (QED) is 0.321. The minimum absolute atomic E-state index is 0.0121. The number of phenolic OH excluding ortho intramolecular Hbond substituents is 1. The number of amides is 5. The first-order valence-corrected chi connectivity index (χ1v) is 19.5. The highest BCUT2D eigenvalue weighted by atomic mass is 79.9. The molecule has 0 aromatic heterocycles. The van der Waals surface area contributed by atoms with Crippen molar-refractivity contribution in [2.24, 2.45) is 0 Å². The zero-order valence-electron chi connectivity index (χ0n) is 29.4. The largest absolute Gasteiger partial charge is 0.506 e. The Morgan fingerprint density at radius 1 is 0.904 bits per heavy atom. The first-order valence-electron chi connectivity index (χ1n) is 17.9. The number of para-hydroxylation sites is 1. The van der Waals surface area contributed by atoms with Gasteiger partial charge in [0, 0.05) is 83.1 Å². The Kier molecular flexibility index (Phi) is 13.0. The van der Waals surface area contributed by atoms with Gasteiger partial charge in [-0.05, 0) is 93.3 Å². The molecule has 0 saturated carbocycles. The summed E-state index contributed by atoms with van der Waals surface area (Å²) in [5, 5.41) is 13.3. The van der Waals surface area contributed by atoms with Gasteiger partial charge in [0.1, 0.15) is 5.75 Å². The van der Waals surface area contributed by atoms with Crippen LogP contribution in [0.4, 0.5) is 15.3 Å². The van der Waals surface area contributed by atoms with Crippen LogP contribution in [0, 0.1) is 0 Å². The molecule has 3 N–H and O–H groups in total. The summed E-state index contributed by atoms with van der Waals surface area (Å²) in [7, 11) is 1.42. The molecule has 0 radical (unpaired) electrons. The number of carbonyl (C=O) groups excluding carboxylic acids is 4. The minimum atomic E-state index is -1.05. The number of hydroxylamine groups is 1. The lowest BCUT2D eigenvalue weighted by atomic mass is 10.0. The molecular weight excluding hydrogens is 802 g/mol. The molecule has 0 bridgehead atoms. The summed E-state index contributed by atoms with van der Waals surface area (Å²) < 4.78 is 6.98. The number of likely N-dealkylation sites (tertiary alicyclic amines) is 2. The zero-order chi connectivity index (χ0) is 36.8. The second-order valence-corrected chi connectivity index (χ2v) is 15.5. The molecule has 14 nitrogen and oxygen atoms in total. The summed E-state index contributed by atoms with van der Waals surface area (Å²) in [5.74, 6) is -0.352. The number of fused-ring (bicyclic) bond motifs is 1. The maximum atomic E-state index is 14.1. The third kappa shape index (κ3) is 9.37. The molecule has 282 valence electrons. The van der Waals surface area contributed by atoms with Crippen LogP contribution in [-0.4, -0.2) is 144 Å². The SMILES string of the molecule is CONC(=O)CN1CCN(C2CCN(C(=O)[C@@H](Cc3cc(Br)c(O)c(Br)c3)OC(=O)N3CCC(N4CCc5ccccc5NC4=O)CC3)CC2)CC1. The van der Waals surface area contributed by atoms with Crippen molar-refractivity contribution >= 4 is 61.5 Å². The first-order chi connectivity index (χ1) is 25.1. The predicted octanol–water partition coefficient (Wildman–Crippen LogP) is 3.81. The molecular formula is C36H47Br2N7O7. The van der Waals surface area contributed by atoms with Gasteiger partial charge in [-0.1, -0.05) is 18.2 Å². The number of halogens is 2. The molecule has 3 fully saturated rings. The van der Waals surface area contributed by atoms with Crippen molar-refractivity contribution in [1.29, 1.82) is 0 Å². The van der Waals surface area contributed by atoms with E-state index in [1.165, 1.54) is 7.11 Å². The van der Waals surface area contributed by atoms with Gasteiger partial charge in [-0.15, -0.1) is 0 Å². The smallest absolute Gasteiger partial charge is 0.410 e. The Balaban J connectivity index is 1.05. The molecule has 3 saturated heterocycles. The highest BCUT2D eigenvalue weighted by molar-refractivity contribution is 9.11. The van der Waals surface area contributed by atoms with Gasteiger partial charge in [0.05, 0.1) is 22.6 Å². The standard InChI is InChI=1S/C36H47Br2N7O7/c1-51-40-32(46)23-41-16-18-42(19-17-41)26-7-11-43(12-8-26)34(48)31(22-24-20-28(37)33(47)29(38)21-24)52-36(50)44-13-9-27(10-14-44)45-15-6-25-4-2-3-5-30(25)39-35(45)49/h2-5,20-21,26-27,31,47H,6-19,22-23H2,1H3,(H,39,49)(H,40,46)/t31-/m1/s1. The summed E-state index contributed by atoms with van der Waals surface area (Å²) in [5.41, 5.74) is 5.04. The van der Waals surface area contributed by atoms with Crippen LogP contribution in [0.2, 0.25) is 0 Å². The Morgan fingerprint density at radius 3 is 2.21 bits per heavy atom. The fourth-order valence-corrected chi connectivity index (χ4v) is 9.00. The van der Waals surface area contributed by atoms with Gasteiger partial charge in [0.25, 0.3) is 11.8 Å². The van der Waals surface area contributed by atoms with Crippen LogP contribution in [-0.2, 0) is 32.0 Å². The molecule has 4 aliphatic rings. The minimum Gasteiger partial charge on any atom is -0.506 e. The number of piperidine rings is 2. The van der Waals surface area contributed by atoms with E-state index in [-0.39, 0.29) is 36.1 Å². The molecule has 0 unspecified atom stereocenters. The van der Waals surface area contributed by atoms with Crippen molar-refractivity contribution in [3.63, 3.8) is 0 Å². The molecule has 0 aliphatic carbocycles. The van der Waals surface area contributed by atoms with E-state index in [1.807, 2.05) is 29.2 Å². The van der Waals surface area contributed by atoms with Gasteiger partial charge >= 0.3 is 12.1 Å². The number of nitrogens with one attached hydrogen (secondary N) is 2. The van der Waals surface area contributed by atoms with Crippen molar-refractivity contribution in [2.75, 3.05) is 77.9 Å². The average Bonchev–Trinajstić information content (AvgIpc) is 3.31. The second-order valence-electron chi connectivity index (χ2n) is 13.8. The Morgan fingerprint density at radius 2 is 1.54 bits per heavy atom. The van der Waals surface area contributed by atoms with E-state index in [4.69, 9.17) is 9.57 Å². The monoisotopic (exact) mass is 847 g/mol. The van der Waals surface area contributed by atoms with E-state index >= 15 is 0 Å². The van der Waals surface area contributed by atoms with E-state index in [1.54, 1.807) is 21.9 Å². The number of carbonyl (C=O) groups is 4. The molecule has 4 heterocycles. The van der Waals surface area contributed by atoms with Gasteiger partial charge in [-0.25, -0.2) is 15.1 Å². The maximum absolute atomic E-state index is 14.1. The van der Waals surface area contributed by atoms with Crippen molar-refractivity contribution in [3.8, 4) is 5.75 Å². The number of rotatable bonds is 9. The second kappa shape index (κ2) is 17.6. The normalized spacial score (nSPS) is 20.1. The van der Waals surface area contributed by atoms with Crippen LogP contribution < -0.4 is 10.8 Å². The van der Waals surface area contributed by atoms with E-state index < -0.39 is 12.2 Å². The highest BCUT2D eigenvalue weighted by Gasteiger charge is 2.37. The number of nitrogens with zero attached hydrogens (tertiary/aromatic N) is 5. The highest BCUT2D eigenvalue weighted by Crippen LogP contribution is 2.34. The third-order valence-corrected chi connectivity index (χ3v) is 11.8. The summed E-state index contributed by atoms with van der Waals surface area (Å²) in [6.45, 7) is 6.06. The number of anilines is 1. The van der Waals surface area contributed by atoms with Crippen molar-refractivity contribution in [2.45, 2.75) is 56.7 Å². The Bertz CT molecular complexity index is 1590. The number of phenols is 1. The Labute approximate surface area is 320 Å².